The zero-order valence-electron chi connectivity index (χ0n) is 12.0. The minimum atomic E-state index is -0.674. The van der Waals surface area contributed by atoms with Gasteiger partial charge in [0.15, 0.2) is 0 Å². The summed E-state index contributed by atoms with van der Waals surface area (Å²) in [5.74, 6) is 0.412. The van der Waals surface area contributed by atoms with Gasteiger partial charge >= 0.3 is 0 Å². The van der Waals surface area contributed by atoms with Crippen molar-refractivity contribution in [3.8, 4) is 0 Å². The van der Waals surface area contributed by atoms with Gasteiger partial charge in [-0.1, -0.05) is 12.8 Å². The van der Waals surface area contributed by atoms with Crippen LogP contribution in [0.3, 0.4) is 0 Å². The van der Waals surface area contributed by atoms with Gasteiger partial charge in [0, 0.05) is 12.1 Å². The highest BCUT2D eigenvalue weighted by Gasteiger charge is 2.45. The number of hydrogen-bond acceptors (Lipinski definition) is 3. The number of amides is 1. The first-order chi connectivity index (χ1) is 8.38. The lowest BCUT2D eigenvalue weighted by atomic mass is 9.93. The van der Waals surface area contributed by atoms with Crippen molar-refractivity contribution < 1.29 is 4.79 Å². The minimum absolute atomic E-state index is 0.0260. The van der Waals surface area contributed by atoms with E-state index in [2.05, 4.69) is 24.3 Å². The van der Waals surface area contributed by atoms with Crippen LogP contribution in [0.4, 0.5) is 0 Å². The number of nitrogens with one attached hydrogen (secondary N) is 1. The molecule has 1 unspecified atom stereocenters. The molecule has 0 spiro atoms. The van der Waals surface area contributed by atoms with Crippen LogP contribution in [0.25, 0.3) is 0 Å². The highest BCUT2D eigenvalue weighted by molar-refractivity contribution is 5.86. The van der Waals surface area contributed by atoms with Crippen LogP contribution in [0, 0.1) is 5.92 Å². The molecule has 3 N–H and O–H groups in total. The van der Waals surface area contributed by atoms with E-state index in [-0.39, 0.29) is 11.4 Å². The molecule has 18 heavy (non-hydrogen) atoms. The summed E-state index contributed by atoms with van der Waals surface area (Å²) in [5.41, 5.74) is 5.62. The smallest absolute Gasteiger partial charge is 0.240 e. The quantitative estimate of drug-likeness (QED) is 0.771. The van der Waals surface area contributed by atoms with Gasteiger partial charge in [-0.25, -0.2) is 0 Å². The van der Waals surface area contributed by atoms with Crippen molar-refractivity contribution in [1.29, 1.82) is 0 Å². The second kappa shape index (κ2) is 4.82. The zero-order chi connectivity index (χ0) is 13.4. The maximum Gasteiger partial charge on any atom is 0.240 e. The van der Waals surface area contributed by atoms with E-state index >= 15 is 0 Å². The van der Waals surface area contributed by atoms with Crippen molar-refractivity contribution in [3.63, 3.8) is 0 Å². The Labute approximate surface area is 110 Å². The van der Waals surface area contributed by atoms with Crippen LogP contribution in [-0.2, 0) is 4.79 Å². The van der Waals surface area contributed by atoms with E-state index < -0.39 is 5.54 Å². The highest BCUT2D eigenvalue weighted by atomic mass is 16.2. The van der Waals surface area contributed by atoms with Gasteiger partial charge in [-0.3, -0.25) is 4.79 Å². The average Bonchev–Trinajstić information content (AvgIpc) is 3.06. The Morgan fingerprint density at radius 1 is 1.39 bits per heavy atom. The summed E-state index contributed by atoms with van der Waals surface area (Å²) in [7, 11) is 4.22. The molecule has 0 radical (unpaired) electrons. The number of carbonyl (C=O) groups is 1. The Morgan fingerprint density at radius 3 is 2.39 bits per heavy atom. The van der Waals surface area contributed by atoms with E-state index in [0.717, 1.165) is 19.4 Å². The van der Waals surface area contributed by atoms with E-state index in [1.54, 1.807) is 0 Å². The minimum Gasteiger partial charge on any atom is -0.353 e. The summed E-state index contributed by atoms with van der Waals surface area (Å²) in [6.07, 6.45) is 7.06. The molecule has 104 valence electrons. The summed E-state index contributed by atoms with van der Waals surface area (Å²) in [6.45, 7) is 2.61. The van der Waals surface area contributed by atoms with Crippen molar-refractivity contribution >= 4 is 5.91 Å². The number of rotatable bonds is 5. The van der Waals surface area contributed by atoms with Gasteiger partial charge in [-0.15, -0.1) is 0 Å². The summed E-state index contributed by atoms with van der Waals surface area (Å²) >= 11 is 0. The zero-order valence-corrected chi connectivity index (χ0v) is 12.0. The molecular formula is C14H27N3O. The Bertz CT molecular complexity index is 315. The third-order valence-corrected chi connectivity index (χ3v) is 4.98. The Morgan fingerprint density at radius 2 is 1.94 bits per heavy atom. The maximum atomic E-state index is 12.2. The van der Waals surface area contributed by atoms with Crippen molar-refractivity contribution in [2.75, 3.05) is 20.6 Å². The monoisotopic (exact) mass is 253 g/mol. The van der Waals surface area contributed by atoms with Crippen LogP contribution in [0.15, 0.2) is 0 Å². The molecule has 2 saturated carbocycles. The molecule has 2 rings (SSSR count). The number of hydrogen-bond donors (Lipinski definition) is 2. The Kier molecular flexibility index (Phi) is 3.70. The molecule has 0 saturated heterocycles. The Balaban J connectivity index is 1.91. The summed E-state index contributed by atoms with van der Waals surface area (Å²) in [6, 6.07) is 0. The van der Waals surface area contributed by atoms with Crippen LogP contribution in [0.5, 0.6) is 0 Å². The van der Waals surface area contributed by atoms with Crippen molar-refractivity contribution in [1.82, 2.24) is 10.2 Å². The number of carbonyl (C=O) groups excluding carboxylic acids is 1. The number of nitrogens with zero attached hydrogens (tertiary/aromatic N) is 1. The lowest BCUT2D eigenvalue weighted by molar-refractivity contribution is -0.127. The van der Waals surface area contributed by atoms with Crippen LogP contribution in [-0.4, -0.2) is 42.5 Å². The molecule has 0 aromatic heterocycles. The maximum absolute atomic E-state index is 12.2. The Hall–Kier alpha value is -0.610. The molecule has 1 amide bonds. The lowest BCUT2D eigenvalue weighted by Crippen LogP contribution is -2.58. The molecular weight excluding hydrogens is 226 g/mol. The highest BCUT2D eigenvalue weighted by Crippen LogP contribution is 2.38. The fraction of sp³-hybridized carbons (Fsp3) is 0.929. The lowest BCUT2D eigenvalue weighted by Gasteiger charge is -2.37. The first-order valence-electron chi connectivity index (χ1n) is 7.13. The van der Waals surface area contributed by atoms with Crippen LogP contribution < -0.4 is 11.1 Å². The molecule has 0 aliphatic heterocycles. The fourth-order valence-corrected chi connectivity index (χ4v) is 3.12. The number of likely N-dealkylation sites (N-methyl/N-ethyl adjacent to an activating group) is 1. The molecule has 1 atom stereocenters. The van der Waals surface area contributed by atoms with Gasteiger partial charge < -0.3 is 16.0 Å². The number of nitrogens with two attached hydrogens (primary N) is 1. The molecule has 2 aliphatic rings. The molecule has 0 aromatic rings. The second-order valence-corrected chi connectivity index (χ2v) is 6.57. The summed E-state index contributed by atoms with van der Waals surface area (Å²) < 4.78 is 0. The summed E-state index contributed by atoms with van der Waals surface area (Å²) in [5, 5.41) is 3.10. The SMILES string of the molecule is CN(C)C1(CNC(=O)C(C)(N)C2CC2)CCCC1. The van der Waals surface area contributed by atoms with Gasteiger partial charge in [-0.2, -0.15) is 0 Å². The van der Waals surface area contributed by atoms with E-state index in [9.17, 15) is 4.79 Å². The second-order valence-electron chi connectivity index (χ2n) is 6.57. The van der Waals surface area contributed by atoms with Gasteiger partial charge in [0.2, 0.25) is 5.91 Å². The molecule has 4 nitrogen and oxygen atoms in total. The van der Waals surface area contributed by atoms with E-state index in [1.807, 2.05) is 6.92 Å². The third kappa shape index (κ3) is 2.54. The predicted molar refractivity (Wildman–Crippen MR) is 73.2 cm³/mol. The van der Waals surface area contributed by atoms with Crippen LogP contribution in [0.2, 0.25) is 0 Å². The molecule has 2 fully saturated rings. The first kappa shape index (κ1) is 13.8. The van der Waals surface area contributed by atoms with E-state index in [4.69, 9.17) is 5.73 Å². The van der Waals surface area contributed by atoms with Gasteiger partial charge in [-0.05, 0) is 52.6 Å². The normalized spacial score (nSPS) is 26.1. The molecule has 0 aromatic carbocycles. The third-order valence-electron chi connectivity index (χ3n) is 4.98. The average molecular weight is 253 g/mol. The van der Waals surface area contributed by atoms with Crippen molar-refractivity contribution in [3.05, 3.63) is 0 Å². The van der Waals surface area contributed by atoms with Gasteiger partial charge in [0.1, 0.15) is 0 Å². The fourth-order valence-electron chi connectivity index (χ4n) is 3.12. The molecule has 2 aliphatic carbocycles. The molecule has 0 heterocycles. The van der Waals surface area contributed by atoms with Crippen molar-refractivity contribution in [2.45, 2.75) is 56.5 Å². The largest absolute Gasteiger partial charge is 0.353 e. The summed E-state index contributed by atoms with van der Waals surface area (Å²) in [4.78, 5) is 14.5. The van der Waals surface area contributed by atoms with Gasteiger partial charge in [0.05, 0.1) is 5.54 Å². The van der Waals surface area contributed by atoms with Gasteiger partial charge in [0.25, 0.3) is 0 Å². The molecule has 4 heteroatoms. The van der Waals surface area contributed by atoms with E-state index in [1.165, 1.54) is 25.7 Å². The van der Waals surface area contributed by atoms with Crippen LogP contribution in [0.1, 0.15) is 45.4 Å². The topological polar surface area (TPSA) is 58.4 Å². The molecule has 0 bridgehead atoms. The predicted octanol–water partition coefficient (Wildman–Crippen LogP) is 1.10. The first-order valence-corrected chi connectivity index (χ1v) is 7.13. The standard InChI is InChI=1S/C14H27N3O/c1-13(15,11-6-7-11)12(18)16-10-14(17(2)3)8-4-5-9-14/h11H,4-10,15H2,1-3H3,(H,16,18). The van der Waals surface area contributed by atoms with E-state index in [0.29, 0.717) is 5.92 Å². The van der Waals surface area contributed by atoms with Crippen LogP contribution >= 0.6 is 0 Å². The van der Waals surface area contributed by atoms with Crippen molar-refractivity contribution in [2.24, 2.45) is 11.7 Å².